The van der Waals surface area contributed by atoms with Gasteiger partial charge in [0.25, 0.3) is 0 Å². The maximum absolute atomic E-state index is 6.17. The van der Waals surface area contributed by atoms with Crippen LogP contribution in [-0.2, 0) is 25.5 Å². The first-order valence-corrected chi connectivity index (χ1v) is 17.2. The molecule has 3 nitrogen and oxygen atoms in total. The van der Waals surface area contributed by atoms with Crippen LogP contribution in [0.15, 0.2) is 120 Å². The van der Waals surface area contributed by atoms with E-state index in [9.17, 15) is 0 Å². The SMILES string of the molecule is CC(C)(c1ccccc1)c1ccnc(-c2[c-]cc3oc4ccc(C5CCCCC5)cc4c3c2)c1.Cc1c[c-]c(-c2ccc(C)cn2)cc1.[Ir]. The van der Waals surface area contributed by atoms with E-state index in [1.807, 2.05) is 43.6 Å². The van der Waals surface area contributed by atoms with Crippen LogP contribution in [0.1, 0.15) is 79.7 Å². The molecular formula is C45H42IrN2O-2. The van der Waals surface area contributed by atoms with E-state index in [2.05, 4.69) is 117 Å². The maximum atomic E-state index is 6.17. The number of benzene rings is 4. The Hall–Kier alpha value is -4.37. The van der Waals surface area contributed by atoms with Crippen LogP contribution in [-0.4, -0.2) is 9.97 Å². The van der Waals surface area contributed by atoms with E-state index >= 15 is 0 Å². The van der Waals surface area contributed by atoms with E-state index in [1.54, 1.807) is 0 Å². The summed E-state index contributed by atoms with van der Waals surface area (Å²) < 4.78 is 6.17. The summed E-state index contributed by atoms with van der Waals surface area (Å²) >= 11 is 0. The minimum absolute atomic E-state index is 0. The average Bonchev–Trinajstić information content (AvgIpc) is 3.51. The molecule has 1 radical (unpaired) electrons. The topological polar surface area (TPSA) is 38.9 Å². The molecule has 1 fully saturated rings. The molecule has 1 aliphatic carbocycles. The predicted molar refractivity (Wildman–Crippen MR) is 198 cm³/mol. The summed E-state index contributed by atoms with van der Waals surface area (Å²) in [5.74, 6) is 0.677. The van der Waals surface area contributed by atoms with Gasteiger partial charge in [0.1, 0.15) is 5.58 Å². The van der Waals surface area contributed by atoms with Crippen molar-refractivity contribution in [2.75, 3.05) is 0 Å². The van der Waals surface area contributed by atoms with Crippen molar-refractivity contribution in [3.63, 3.8) is 0 Å². The number of hydrogen-bond acceptors (Lipinski definition) is 3. The van der Waals surface area contributed by atoms with Gasteiger partial charge in [-0.1, -0.05) is 100 Å². The van der Waals surface area contributed by atoms with Crippen molar-refractivity contribution in [1.82, 2.24) is 9.97 Å². The Labute approximate surface area is 304 Å². The van der Waals surface area contributed by atoms with E-state index in [1.165, 1.54) is 65.3 Å². The molecule has 3 heterocycles. The fraction of sp³-hybridized carbons (Fsp3) is 0.244. The minimum Gasteiger partial charge on any atom is -0.500 e. The summed E-state index contributed by atoms with van der Waals surface area (Å²) in [6.45, 7) is 8.63. The molecule has 49 heavy (non-hydrogen) atoms. The van der Waals surface area contributed by atoms with Gasteiger partial charge in [-0.15, -0.1) is 59.2 Å². The van der Waals surface area contributed by atoms with Crippen LogP contribution in [0.2, 0.25) is 0 Å². The molecule has 0 bridgehead atoms. The van der Waals surface area contributed by atoms with E-state index in [4.69, 9.17) is 9.40 Å². The number of aromatic nitrogens is 2. The molecule has 1 aliphatic rings. The Balaban J connectivity index is 0.000000234. The Bertz CT molecular complexity index is 2100. The molecule has 4 aromatic carbocycles. The fourth-order valence-electron chi connectivity index (χ4n) is 6.85. The van der Waals surface area contributed by atoms with Gasteiger partial charge in [-0.2, -0.15) is 0 Å². The Morgan fingerprint density at radius 1 is 0.653 bits per heavy atom. The second-order valence-corrected chi connectivity index (χ2v) is 13.7. The third-order valence-corrected chi connectivity index (χ3v) is 9.91. The Morgan fingerprint density at radius 3 is 2.14 bits per heavy atom. The van der Waals surface area contributed by atoms with Gasteiger partial charge >= 0.3 is 0 Å². The van der Waals surface area contributed by atoms with Gasteiger partial charge in [0.15, 0.2) is 0 Å². The van der Waals surface area contributed by atoms with Crippen LogP contribution in [0, 0.1) is 26.0 Å². The molecular weight excluding hydrogens is 777 g/mol. The number of rotatable bonds is 5. The average molecular weight is 819 g/mol. The molecule has 0 spiro atoms. The molecule has 0 atom stereocenters. The molecule has 0 unspecified atom stereocenters. The standard InChI is InChI=1S/C32H30NO.C13H12N.Ir/c1-32(2,25-11-7-4-8-12-25)26-17-18-33-29(21-26)24-14-16-31-28(20-24)27-19-23(13-15-30(27)34-31)22-9-5-3-6-10-22;1-10-3-6-12(7-4-10)13-8-5-11(2)9-14-13;/h4,7-8,11-13,15-22H,3,5-6,9-10H2,1-2H3;3-6,8-9H,1-2H3;/q2*-1;. The summed E-state index contributed by atoms with van der Waals surface area (Å²) in [5, 5.41) is 2.35. The first-order valence-electron chi connectivity index (χ1n) is 17.2. The summed E-state index contributed by atoms with van der Waals surface area (Å²) in [4.78, 5) is 9.06. The number of aryl methyl sites for hydroxylation is 2. The fourth-order valence-corrected chi connectivity index (χ4v) is 6.85. The first kappa shape index (κ1) is 34.5. The van der Waals surface area contributed by atoms with E-state index in [0.717, 1.165) is 39.1 Å². The summed E-state index contributed by atoms with van der Waals surface area (Å²) in [6, 6.07) is 42.8. The van der Waals surface area contributed by atoms with Crippen molar-refractivity contribution in [2.24, 2.45) is 0 Å². The van der Waals surface area contributed by atoms with Crippen LogP contribution >= 0.6 is 0 Å². The third-order valence-electron chi connectivity index (χ3n) is 9.91. The molecule has 8 rings (SSSR count). The molecule has 0 amide bonds. The van der Waals surface area contributed by atoms with E-state index < -0.39 is 0 Å². The van der Waals surface area contributed by atoms with Gasteiger partial charge in [-0.25, -0.2) is 0 Å². The number of pyridine rings is 2. The first-order chi connectivity index (χ1) is 23.3. The monoisotopic (exact) mass is 819 g/mol. The number of nitrogens with zero attached hydrogens (tertiary/aromatic N) is 2. The van der Waals surface area contributed by atoms with Crippen LogP contribution < -0.4 is 0 Å². The molecule has 4 heteroatoms. The molecule has 0 aliphatic heterocycles. The normalized spacial score (nSPS) is 13.5. The smallest absolute Gasteiger partial charge is 0.120 e. The summed E-state index contributed by atoms with van der Waals surface area (Å²) in [7, 11) is 0. The van der Waals surface area contributed by atoms with Crippen molar-refractivity contribution in [2.45, 2.75) is 71.1 Å². The third kappa shape index (κ3) is 7.62. The van der Waals surface area contributed by atoms with Gasteiger partial charge in [0.05, 0.1) is 5.58 Å². The largest absolute Gasteiger partial charge is 0.500 e. The van der Waals surface area contributed by atoms with Crippen LogP contribution in [0.5, 0.6) is 0 Å². The predicted octanol–water partition coefficient (Wildman–Crippen LogP) is 12.0. The van der Waals surface area contributed by atoms with Crippen molar-refractivity contribution in [3.8, 4) is 22.5 Å². The molecule has 0 saturated heterocycles. The second-order valence-electron chi connectivity index (χ2n) is 13.7. The Kier molecular flexibility index (Phi) is 10.6. The van der Waals surface area contributed by atoms with E-state index in [0.29, 0.717) is 5.92 Å². The van der Waals surface area contributed by atoms with Gasteiger partial charge in [0.2, 0.25) is 0 Å². The molecule has 7 aromatic rings. The molecule has 0 N–H and O–H groups in total. The quantitative estimate of drug-likeness (QED) is 0.162. The van der Waals surface area contributed by atoms with Crippen LogP contribution in [0.3, 0.4) is 0 Å². The second kappa shape index (κ2) is 15.0. The number of furan rings is 1. The van der Waals surface area contributed by atoms with Gasteiger partial charge in [-0.05, 0) is 77.5 Å². The van der Waals surface area contributed by atoms with Crippen molar-refractivity contribution >= 4 is 21.9 Å². The molecule has 3 aromatic heterocycles. The number of hydrogen-bond donors (Lipinski definition) is 0. The zero-order valence-corrected chi connectivity index (χ0v) is 31.1. The van der Waals surface area contributed by atoms with Crippen molar-refractivity contribution < 1.29 is 24.5 Å². The maximum Gasteiger partial charge on any atom is 0.120 e. The van der Waals surface area contributed by atoms with Crippen LogP contribution in [0.4, 0.5) is 0 Å². The molecule has 249 valence electrons. The minimum atomic E-state index is -0.111. The summed E-state index contributed by atoms with van der Waals surface area (Å²) in [6.07, 6.45) is 10.5. The molecule has 1 saturated carbocycles. The summed E-state index contributed by atoms with van der Waals surface area (Å²) in [5.41, 5.74) is 12.1. The van der Waals surface area contributed by atoms with E-state index in [-0.39, 0.29) is 25.5 Å². The van der Waals surface area contributed by atoms with Gasteiger partial charge in [0, 0.05) is 43.3 Å². The Morgan fingerprint density at radius 2 is 1.41 bits per heavy atom. The van der Waals surface area contributed by atoms with Gasteiger partial charge in [-0.3, -0.25) is 0 Å². The van der Waals surface area contributed by atoms with Crippen molar-refractivity contribution in [3.05, 3.63) is 155 Å². The van der Waals surface area contributed by atoms with Crippen LogP contribution in [0.25, 0.3) is 44.5 Å². The van der Waals surface area contributed by atoms with Gasteiger partial charge < -0.3 is 14.4 Å². The zero-order chi connectivity index (χ0) is 33.1. The van der Waals surface area contributed by atoms with Crippen molar-refractivity contribution in [1.29, 1.82) is 0 Å². The number of fused-ring (bicyclic) bond motifs is 3. The zero-order valence-electron chi connectivity index (χ0n) is 28.7.